The SMILES string of the molecule is O=C(COc1ccc(Cl)cc1)NCc1ccc(C(O)c2cccs2)s1. The Balaban J connectivity index is 1.47. The van der Waals surface area contributed by atoms with Gasteiger partial charge in [0, 0.05) is 19.7 Å². The zero-order chi connectivity index (χ0) is 17.6. The van der Waals surface area contributed by atoms with Gasteiger partial charge in [0.1, 0.15) is 11.9 Å². The fourth-order valence-corrected chi connectivity index (χ4v) is 4.03. The van der Waals surface area contributed by atoms with Gasteiger partial charge in [0.05, 0.1) is 6.54 Å². The molecular weight excluding hydrogens is 378 g/mol. The molecule has 0 aliphatic heterocycles. The second kappa shape index (κ2) is 8.49. The highest BCUT2D eigenvalue weighted by atomic mass is 35.5. The maximum Gasteiger partial charge on any atom is 0.258 e. The molecule has 1 unspecified atom stereocenters. The molecule has 1 aromatic carbocycles. The topological polar surface area (TPSA) is 58.6 Å². The summed E-state index contributed by atoms with van der Waals surface area (Å²) in [5, 5.41) is 15.7. The number of benzene rings is 1. The van der Waals surface area contributed by atoms with Crippen LogP contribution in [0.15, 0.2) is 53.9 Å². The van der Waals surface area contributed by atoms with Gasteiger partial charge in [0.15, 0.2) is 6.61 Å². The van der Waals surface area contributed by atoms with Crippen LogP contribution in [0.4, 0.5) is 0 Å². The zero-order valence-corrected chi connectivity index (χ0v) is 15.5. The number of ether oxygens (including phenoxy) is 1. The predicted molar refractivity (Wildman–Crippen MR) is 101 cm³/mol. The first-order valence-corrected chi connectivity index (χ1v) is 9.64. The number of nitrogens with one attached hydrogen (secondary N) is 1. The number of rotatable bonds is 7. The maximum absolute atomic E-state index is 11.9. The van der Waals surface area contributed by atoms with Crippen LogP contribution in [0.1, 0.15) is 20.7 Å². The quantitative estimate of drug-likeness (QED) is 0.631. The Morgan fingerprint density at radius 3 is 2.68 bits per heavy atom. The monoisotopic (exact) mass is 393 g/mol. The van der Waals surface area contributed by atoms with Crippen LogP contribution < -0.4 is 10.1 Å². The summed E-state index contributed by atoms with van der Waals surface area (Å²) >= 11 is 8.80. The van der Waals surface area contributed by atoms with Crippen molar-refractivity contribution >= 4 is 40.2 Å². The van der Waals surface area contributed by atoms with Gasteiger partial charge in [-0.3, -0.25) is 4.79 Å². The number of hydrogen-bond acceptors (Lipinski definition) is 5. The average Bonchev–Trinajstić information content (AvgIpc) is 3.30. The highest BCUT2D eigenvalue weighted by Crippen LogP contribution is 2.30. The molecule has 2 heterocycles. The summed E-state index contributed by atoms with van der Waals surface area (Å²) in [5.74, 6) is 0.390. The van der Waals surface area contributed by atoms with Gasteiger partial charge in [-0.2, -0.15) is 0 Å². The van der Waals surface area contributed by atoms with E-state index in [1.54, 1.807) is 24.3 Å². The predicted octanol–water partition coefficient (Wildman–Crippen LogP) is 4.24. The summed E-state index contributed by atoms with van der Waals surface area (Å²) < 4.78 is 5.40. The first-order valence-electron chi connectivity index (χ1n) is 7.57. The first kappa shape index (κ1) is 17.9. The molecule has 4 nitrogen and oxygen atoms in total. The lowest BCUT2D eigenvalue weighted by Crippen LogP contribution is -2.28. The molecule has 7 heteroatoms. The normalized spacial score (nSPS) is 11.9. The molecule has 2 aromatic heterocycles. The summed E-state index contributed by atoms with van der Waals surface area (Å²) in [5.41, 5.74) is 0. The largest absolute Gasteiger partial charge is 0.484 e. The Kier molecular flexibility index (Phi) is 6.09. The van der Waals surface area contributed by atoms with E-state index in [4.69, 9.17) is 16.3 Å². The lowest BCUT2D eigenvalue weighted by atomic mass is 10.2. The van der Waals surface area contributed by atoms with Crippen molar-refractivity contribution in [3.8, 4) is 5.75 Å². The number of aliphatic hydroxyl groups excluding tert-OH is 1. The number of hydrogen-bond donors (Lipinski definition) is 2. The van der Waals surface area contributed by atoms with Crippen molar-refractivity contribution in [2.75, 3.05) is 6.61 Å². The number of carbonyl (C=O) groups is 1. The second-order valence-electron chi connectivity index (χ2n) is 5.24. The minimum atomic E-state index is -0.609. The number of amides is 1. The highest BCUT2D eigenvalue weighted by Gasteiger charge is 2.14. The molecule has 0 saturated carbocycles. The Bertz CT molecular complexity index is 815. The van der Waals surface area contributed by atoms with Crippen LogP contribution in [-0.2, 0) is 11.3 Å². The molecule has 3 aromatic rings. The van der Waals surface area contributed by atoms with Gasteiger partial charge < -0.3 is 15.2 Å². The van der Waals surface area contributed by atoms with Crippen LogP contribution in [0.5, 0.6) is 5.75 Å². The van der Waals surface area contributed by atoms with Crippen LogP contribution in [0, 0.1) is 0 Å². The molecule has 0 bridgehead atoms. The van der Waals surface area contributed by atoms with E-state index in [9.17, 15) is 9.90 Å². The van der Waals surface area contributed by atoms with E-state index in [-0.39, 0.29) is 12.5 Å². The Hall–Kier alpha value is -1.86. The minimum absolute atomic E-state index is 0.0579. The number of aliphatic hydroxyl groups is 1. The van der Waals surface area contributed by atoms with Gasteiger partial charge in [-0.15, -0.1) is 22.7 Å². The van der Waals surface area contributed by atoms with Crippen molar-refractivity contribution < 1.29 is 14.6 Å². The Morgan fingerprint density at radius 2 is 1.96 bits per heavy atom. The number of thiophene rings is 2. The average molecular weight is 394 g/mol. The van der Waals surface area contributed by atoms with Crippen LogP contribution in [0.2, 0.25) is 5.02 Å². The lowest BCUT2D eigenvalue weighted by Gasteiger charge is -2.07. The van der Waals surface area contributed by atoms with E-state index < -0.39 is 6.10 Å². The Labute approximate surface area is 158 Å². The number of carbonyl (C=O) groups excluding carboxylic acids is 1. The van der Waals surface area contributed by atoms with Gasteiger partial charge in [0.25, 0.3) is 5.91 Å². The molecule has 0 radical (unpaired) electrons. The third-order valence-corrected chi connectivity index (χ3v) is 5.72. The molecule has 25 heavy (non-hydrogen) atoms. The molecule has 0 aliphatic rings. The summed E-state index contributed by atoms with van der Waals surface area (Å²) in [7, 11) is 0. The van der Waals surface area contributed by atoms with E-state index in [0.717, 1.165) is 14.6 Å². The molecule has 2 N–H and O–H groups in total. The third kappa shape index (κ3) is 5.06. The summed E-state index contributed by atoms with van der Waals surface area (Å²) in [6, 6.07) is 14.5. The second-order valence-corrected chi connectivity index (χ2v) is 7.86. The first-order chi connectivity index (χ1) is 12.1. The van der Waals surface area contributed by atoms with E-state index in [0.29, 0.717) is 17.3 Å². The molecule has 1 atom stereocenters. The van der Waals surface area contributed by atoms with Crippen molar-refractivity contribution in [2.45, 2.75) is 12.6 Å². The summed E-state index contributed by atoms with van der Waals surface area (Å²) in [6.45, 7) is 0.350. The zero-order valence-electron chi connectivity index (χ0n) is 13.1. The van der Waals surface area contributed by atoms with Gasteiger partial charge in [-0.1, -0.05) is 17.7 Å². The molecule has 0 saturated heterocycles. The molecule has 0 aliphatic carbocycles. The van der Waals surface area contributed by atoms with Crippen LogP contribution in [0.3, 0.4) is 0 Å². The van der Waals surface area contributed by atoms with Crippen LogP contribution >= 0.6 is 34.3 Å². The van der Waals surface area contributed by atoms with Gasteiger partial charge in [-0.05, 0) is 47.8 Å². The van der Waals surface area contributed by atoms with Gasteiger partial charge >= 0.3 is 0 Å². The van der Waals surface area contributed by atoms with E-state index in [1.165, 1.54) is 22.7 Å². The van der Waals surface area contributed by atoms with E-state index >= 15 is 0 Å². The maximum atomic E-state index is 11.9. The van der Waals surface area contributed by atoms with Crippen LogP contribution in [0.25, 0.3) is 0 Å². The molecule has 130 valence electrons. The summed E-state index contributed by atoms with van der Waals surface area (Å²) in [4.78, 5) is 14.6. The molecule has 1 amide bonds. The highest BCUT2D eigenvalue weighted by molar-refractivity contribution is 7.12. The van der Waals surface area contributed by atoms with Crippen molar-refractivity contribution in [3.05, 3.63) is 73.6 Å². The van der Waals surface area contributed by atoms with Crippen molar-refractivity contribution in [1.82, 2.24) is 5.32 Å². The van der Waals surface area contributed by atoms with E-state index in [1.807, 2.05) is 29.6 Å². The molecule has 3 rings (SSSR count). The molecule has 0 spiro atoms. The lowest BCUT2D eigenvalue weighted by molar-refractivity contribution is -0.123. The standard InChI is InChI=1S/C18H16ClNO3S2/c19-12-3-5-13(6-4-12)23-11-17(21)20-10-14-7-8-16(25-14)18(22)15-2-1-9-24-15/h1-9,18,22H,10-11H2,(H,20,21). The number of halogens is 1. The minimum Gasteiger partial charge on any atom is -0.484 e. The smallest absolute Gasteiger partial charge is 0.258 e. The van der Waals surface area contributed by atoms with Gasteiger partial charge in [-0.25, -0.2) is 0 Å². The fourth-order valence-electron chi connectivity index (χ4n) is 2.14. The van der Waals surface area contributed by atoms with Crippen LogP contribution in [-0.4, -0.2) is 17.6 Å². The third-order valence-electron chi connectivity index (χ3n) is 3.41. The van der Waals surface area contributed by atoms with Crippen molar-refractivity contribution in [1.29, 1.82) is 0 Å². The van der Waals surface area contributed by atoms with E-state index in [2.05, 4.69) is 5.32 Å². The summed E-state index contributed by atoms with van der Waals surface area (Å²) in [6.07, 6.45) is -0.609. The van der Waals surface area contributed by atoms with Gasteiger partial charge in [0.2, 0.25) is 0 Å². The Morgan fingerprint density at radius 1 is 1.16 bits per heavy atom. The van der Waals surface area contributed by atoms with Crippen molar-refractivity contribution in [3.63, 3.8) is 0 Å². The molecular formula is C18H16ClNO3S2. The van der Waals surface area contributed by atoms with Crippen molar-refractivity contribution in [2.24, 2.45) is 0 Å². The molecule has 0 fully saturated rings. The fraction of sp³-hybridized carbons (Fsp3) is 0.167.